The van der Waals surface area contributed by atoms with Crippen molar-refractivity contribution in [3.63, 3.8) is 0 Å². The predicted molar refractivity (Wildman–Crippen MR) is 71.7 cm³/mol. The summed E-state index contributed by atoms with van der Waals surface area (Å²) in [6.07, 6.45) is -4.64. The SMILES string of the molecule is Cc1ccc(NS(=O)(=O)NCC(F)(F)F)cc1C#CCO. The molecule has 116 valence electrons. The van der Waals surface area contributed by atoms with Crippen molar-refractivity contribution in [2.45, 2.75) is 13.1 Å². The van der Waals surface area contributed by atoms with Crippen LogP contribution in [0.15, 0.2) is 18.2 Å². The van der Waals surface area contributed by atoms with Gasteiger partial charge in [0.15, 0.2) is 0 Å². The lowest BCUT2D eigenvalue weighted by atomic mass is 10.1. The van der Waals surface area contributed by atoms with Crippen molar-refractivity contribution >= 4 is 15.9 Å². The maximum absolute atomic E-state index is 12.0. The van der Waals surface area contributed by atoms with Gasteiger partial charge in [-0.3, -0.25) is 4.72 Å². The van der Waals surface area contributed by atoms with Crippen LogP contribution in [-0.2, 0) is 10.2 Å². The van der Waals surface area contributed by atoms with E-state index in [9.17, 15) is 21.6 Å². The van der Waals surface area contributed by atoms with Gasteiger partial charge in [0.05, 0.1) is 5.69 Å². The van der Waals surface area contributed by atoms with Gasteiger partial charge in [-0.2, -0.15) is 26.3 Å². The topological polar surface area (TPSA) is 78.4 Å². The third-order valence-corrected chi connectivity index (χ3v) is 3.28. The summed E-state index contributed by atoms with van der Waals surface area (Å²) in [5, 5.41) is 8.62. The minimum atomic E-state index is -4.64. The van der Waals surface area contributed by atoms with Crippen LogP contribution in [0.4, 0.5) is 18.9 Å². The Morgan fingerprint density at radius 2 is 2.00 bits per heavy atom. The quantitative estimate of drug-likeness (QED) is 0.728. The zero-order valence-corrected chi connectivity index (χ0v) is 11.8. The summed E-state index contributed by atoms with van der Waals surface area (Å²) in [5.74, 6) is 5.01. The number of benzene rings is 1. The number of alkyl halides is 3. The average molecular weight is 322 g/mol. The Bertz CT molecular complexity index is 661. The Hall–Kier alpha value is -1.76. The molecule has 0 saturated carbocycles. The maximum atomic E-state index is 12.0. The summed E-state index contributed by atoms with van der Waals surface area (Å²) in [4.78, 5) is 0. The molecule has 9 heteroatoms. The van der Waals surface area contributed by atoms with Gasteiger partial charge in [0, 0.05) is 5.56 Å². The van der Waals surface area contributed by atoms with Crippen molar-refractivity contribution in [1.82, 2.24) is 4.72 Å². The molecule has 21 heavy (non-hydrogen) atoms. The van der Waals surface area contributed by atoms with Crippen LogP contribution < -0.4 is 9.44 Å². The van der Waals surface area contributed by atoms with Gasteiger partial charge in [0.1, 0.15) is 13.2 Å². The first-order valence-corrected chi connectivity index (χ1v) is 7.16. The van der Waals surface area contributed by atoms with Gasteiger partial charge < -0.3 is 5.11 Å². The molecular weight excluding hydrogens is 309 g/mol. The van der Waals surface area contributed by atoms with Gasteiger partial charge in [-0.15, -0.1) is 0 Å². The Balaban J connectivity index is 2.88. The van der Waals surface area contributed by atoms with E-state index in [4.69, 9.17) is 5.11 Å². The molecule has 0 spiro atoms. The molecule has 3 N–H and O–H groups in total. The molecule has 1 rings (SSSR count). The molecule has 0 bridgehead atoms. The van der Waals surface area contributed by atoms with Crippen molar-refractivity contribution in [2.24, 2.45) is 0 Å². The van der Waals surface area contributed by atoms with Gasteiger partial charge in [-0.05, 0) is 24.6 Å². The maximum Gasteiger partial charge on any atom is 0.402 e. The highest BCUT2D eigenvalue weighted by Gasteiger charge is 2.29. The van der Waals surface area contributed by atoms with Gasteiger partial charge >= 0.3 is 6.18 Å². The largest absolute Gasteiger partial charge is 0.402 e. The fourth-order valence-corrected chi connectivity index (χ4v) is 2.19. The molecule has 0 aromatic heterocycles. The summed E-state index contributed by atoms with van der Waals surface area (Å²) >= 11 is 0. The van der Waals surface area contributed by atoms with E-state index < -0.39 is 22.9 Å². The van der Waals surface area contributed by atoms with E-state index in [1.165, 1.54) is 16.9 Å². The summed E-state index contributed by atoms with van der Waals surface area (Å²) in [6.45, 7) is -0.296. The third kappa shape index (κ3) is 6.48. The van der Waals surface area contributed by atoms with Gasteiger partial charge in [-0.1, -0.05) is 17.9 Å². The van der Waals surface area contributed by atoms with Crippen molar-refractivity contribution in [3.05, 3.63) is 29.3 Å². The lowest BCUT2D eigenvalue weighted by molar-refractivity contribution is -0.121. The molecule has 0 aliphatic heterocycles. The Labute approximate surface area is 120 Å². The molecule has 0 heterocycles. The molecule has 1 aromatic carbocycles. The van der Waals surface area contributed by atoms with Gasteiger partial charge in [0.2, 0.25) is 0 Å². The lowest BCUT2D eigenvalue weighted by Gasteiger charge is -2.11. The third-order valence-electron chi connectivity index (χ3n) is 2.25. The van der Waals surface area contributed by atoms with E-state index in [2.05, 4.69) is 11.8 Å². The van der Waals surface area contributed by atoms with E-state index in [-0.39, 0.29) is 12.3 Å². The van der Waals surface area contributed by atoms with Crippen molar-refractivity contribution in [1.29, 1.82) is 0 Å². The summed E-state index contributed by atoms with van der Waals surface area (Å²) in [6, 6.07) is 4.32. The number of aryl methyl sites for hydroxylation is 1. The molecule has 0 aliphatic rings. The van der Waals surface area contributed by atoms with Crippen LogP contribution in [0.25, 0.3) is 0 Å². The first-order chi connectivity index (χ1) is 9.63. The second-order valence-corrected chi connectivity index (χ2v) is 5.53. The van der Waals surface area contributed by atoms with Crippen LogP contribution in [0.5, 0.6) is 0 Å². The highest BCUT2D eigenvalue weighted by atomic mass is 32.2. The van der Waals surface area contributed by atoms with E-state index in [0.29, 0.717) is 5.56 Å². The zero-order valence-electron chi connectivity index (χ0n) is 11.0. The van der Waals surface area contributed by atoms with Crippen LogP contribution >= 0.6 is 0 Å². The number of aliphatic hydroxyl groups is 1. The number of anilines is 1. The van der Waals surface area contributed by atoms with Crippen LogP contribution in [0, 0.1) is 18.8 Å². The summed E-state index contributed by atoms with van der Waals surface area (Å²) in [7, 11) is -4.34. The number of aliphatic hydroxyl groups excluding tert-OH is 1. The normalized spacial score (nSPS) is 11.7. The van der Waals surface area contributed by atoms with Gasteiger partial charge in [0.25, 0.3) is 10.2 Å². The Kier molecular flexibility index (Phi) is 5.60. The second kappa shape index (κ2) is 6.80. The number of nitrogens with one attached hydrogen (secondary N) is 2. The summed E-state index contributed by atoms with van der Waals surface area (Å²) < 4.78 is 62.2. The number of hydrogen-bond acceptors (Lipinski definition) is 3. The van der Waals surface area contributed by atoms with Crippen molar-refractivity contribution in [3.8, 4) is 11.8 Å². The van der Waals surface area contributed by atoms with Crippen LogP contribution in [-0.4, -0.2) is 32.9 Å². The number of halogens is 3. The molecule has 5 nitrogen and oxygen atoms in total. The summed E-state index contributed by atoms with van der Waals surface area (Å²) in [5.41, 5.74) is 1.26. The van der Waals surface area contributed by atoms with Crippen LogP contribution in [0.2, 0.25) is 0 Å². The zero-order chi connectivity index (χ0) is 16.1. The highest BCUT2D eigenvalue weighted by molar-refractivity contribution is 7.90. The average Bonchev–Trinajstić information content (AvgIpc) is 2.36. The molecular formula is C12H13F3N2O3S. The molecule has 0 atom stereocenters. The molecule has 0 amide bonds. The molecule has 0 aliphatic carbocycles. The number of hydrogen-bond donors (Lipinski definition) is 3. The first kappa shape index (κ1) is 17.3. The molecule has 0 saturated heterocycles. The van der Waals surface area contributed by atoms with E-state index >= 15 is 0 Å². The van der Waals surface area contributed by atoms with E-state index in [1.54, 1.807) is 13.0 Å². The van der Waals surface area contributed by atoms with Crippen LogP contribution in [0.1, 0.15) is 11.1 Å². The number of rotatable bonds is 4. The second-order valence-electron chi connectivity index (χ2n) is 4.03. The molecule has 0 fully saturated rings. The molecule has 0 unspecified atom stereocenters. The fourth-order valence-electron chi connectivity index (χ4n) is 1.32. The van der Waals surface area contributed by atoms with Crippen molar-refractivity contribution < 1.29 is 26.7 Å². The van der Waals surface area contributed by atoms with Gasteiger partial charge in [-0.25, -0.2) is 0 Å². The minimum Gasteiger partial charge on any atom is -0.384 e. The molecule has 1 aromatic rings. The monoisotopic (exact) mass is 322 g/mol. The van der Waals surface area contributed by atoms with Crippen molar-refractivity contribution in [2.75, 3.05) is 17.9 Å². The van der Waals surface area contributed by atoms with E-state index in [0.717, 1.165) is 5.56 Å². The standard InChI is InChI=1S/C12H13F3N2O3S/c1-9-4-5-11(7-10(9)3-2-6-18)17-21(19,20)16-8-12(13,14)15/h4-5,7,16-18H,6,8H2,1H3. The smallest absolute Gasteiger partial charge is 0.384 e. The highest BCUT2D eigenvalue weighted by Crippen LogP contribution is 2.16. The predicted octanol–water partition coefficient (Wildman–Crippen LogP) is 1.15. The molecule has 0 radical (unpaired) electrons. The lowest BCUT2D eigenvalue weighted by Crippen LogP contribution is -2.37. The fraction of sp³-hybridized carbons (Fsp3) is 0.333. The first-order valence-electron chi connectivity index (χ1n) is 5.67. The Morgan fingerprint density at radius 1 is 1.33 bits per heavy atom. The van der Waals surface area contributed by atoms with Crippen LogP contribution in [0.3, 0.4) is 0 Å². The Morgan fingerprint density at radius 3 is 2.57 bits per heavy atom. The van der Waals surface area contributed by atoms with E-state index in [1.807, 2.05) is 4.72 Å². The minimum absolute atomic E-state index is 0.0671.